The topological polar surface area (TPSA) is 86.5 Å². The Kier molecular flexibility index (Phi) is 5.41. The number of piperazine rings is 1. The van der Waals surface area contributed by atoms with Gasteiger partial charge in [-0.25, -0.2) is 0 Å². The van der Waals surface area contributed by atoms with Gasteiger partial charge in [0.1, 0.15) is 6.04 Å². The lowest BCUT2D eigenvalue weighted by atomic mass is 9.95. The second kappa shape index (κ2) is 6.90. The molecule has 2 atom stereocenters. The molecule has 1 heterocycles. The molecule has 25 heavy (non-hydrogen) atoms. The molecular formula is C17H24ClN3O4. The van der Waals surface area contributed by atoms with Gasteiger partial charge in [0.15, 0.2) is 0 Å². The third-order valence-corrected chi connectivity index (χ3v) is 5.56. The molecule has 1 aliphatic rings. The number of hydrogen-bond acceptors (Lipinski definition) is 5. The zero-order chi connectivity index (χ0) is 19.0. The van der Waals surface area contributed by atoms with Crippen molar-refractivity contribution in [2.75, 3.05) is 19.6 Å². The highest BCUT2D eigenvalue weighted by Gasteiger charge is 2.49. The van der Waals surface area contributed by atoms with Crippen LogP contribution in [0.5, 0.6) is 0 Å². The minimum Gasteiger partial charge on any atom is -0.498 e. The second-order valence-corrected chi connectivity index (χ2v) is 8.05. The third-order valence-electron chi connectivity index (χ3n) is 5.21. The van der Waals surface area contributed by atoms with E-state index >= 15 is 0 Å². The van der Waals surface area contributed by atoms with Crippen molar-refractivity contribution >= 4 is 23.4 Å². The molecule has 1 amide bonds. The summed E-state index contributed by atoms with van der Waals surface area (Å²) in [4.78, 5) is 24.4. The molecule has 8 heteroatoms. The molecule has 0 aromatic heterocycles. The third kappa shape index (κ3) is 3.63. The average Bonchev–Trinajstić information content (AvgIpc) is 2.47. The van der Waals surface area contributed by atoms with Crippen molar-refractivity contribution in [3.63, 3.8) is 0 Å². The van der Waals surface area contributed by atoms with E-state index in [4.69, 9.17) is 11.6 Å². The van der Waals surface area contributed by atoms with Crippen LogP contribution in [0.3, 0.4) is 0 Å². The highest BCUT2D eigenvalue weighted by Crippen LogP contribution is 2.32. The molecule has 0 aliphatic carbocycles. The number of non-ortho nitro benzene ring substituents is 1. The summed E-state index contributed by atoms with van der Waals surface area (Å²) in [5.74, 6) is 0. The van der Waals surface area contributed by atoms with E-state index in [1.54, 1.807) is 6.07 Å². The first-order valence-corrected chi connectivity index (χ1v) is 8.61. The number of carboxylic acid groups (broad SMARTS) is 1. The Morgan fingerprint density at radius 3 is 2.52 bits per heavy atom. The molecule has 1 saturated heterocycles. The zero-order valence-corrected chi connectivity index (χ0v) is 15.7. The molecule has 0 saturated carbocycles. The number of amides is 1. The number of hydrogen-bond donors (Lipinski definition) is 0. The maximum absolute atomic E-state index is 11.9. The van der Waals surface area contributed by atoms with Gasteiger partial charge in [0.2, 0.25) is 0 Å². The molecule has 0 radical (unpaired) electrons. The normalized spacial score (nSPS) is 24.9. The summed E-state index contributed by atoms with van der Waals surface area (Å²) in [6.45, 7) is 9.81. The molecule has 2 rings (SSSR count). The lowest BCUT2D eigenvalue weighted by molar-refractivity contribution is -0.943. The predicted molar refractivity (Wildman–Crippen MR) is 93.1 cm³/mol. The summed E-state index contributed by atoms with van der Waals surface area (Å²) >= 11 is 6.17. The van der Waals surface area contributed by atoms with Crippen LogP contribution in [0.15, 0.2) is 18.2 Å². The van der Waals surface area contributed by atoms with Crippen LogP contribution in [-0.4, -0.2) is 51.6 Å². The lowest BCUT2D eigenvalue weighted by Crippen LogP contribution is -2.76. The molecule has 0 N–H and O–H groups in total. The van der Waals surface area contributed by atoms with Crippen molar-refractivity contribution in [3.8, 4) is 0 Å². The van der Waals surface area contributed by atoms with Gasteiger partial charge in [-0.05, 0) is 39.3 Å². The predicted octanol–water partition coefficient (Wildman–Crippen LogP) is 2.41. The van der Waals surface area contributed by atoms with E-state index in [0.29, 0.717) is 31.2 Å². The average molecular weight is 370 g/mol. The molecule has 7 nitrogen and oxygen atoms in total. The van der Waals surface area contributed by atoms with Crippen molar-refractivity contribution in [1.82, 2.24) is 4.90 Å². The Labute approximate surface area is 152 Å². The second-order valence-electron chi connectivity index (χ2n) is 7.65. The van der Waals surface area contributed by atoms with Crippen LogP contribution >= 0.6 is 11.6 Å². The number of quaternary nitrogens is 1. The summed E-state index contributed by atoms with van der Waals surface area (Å²) in [5, 5.41) is 23.1. The fraction of sp³-hybridized carbons (Fsp3) is 0.588. The van der Waals surface area contributed by atoms with Gasteiger partial charge in [-0.3, -0.25) is 19.5 Å². The van der Waals surface area contributed by atoms with Crippen molar-refractivity contribution < 1.29 is 19.3 Å². The molecule has 138 valence electrons. The summed E-state index contributed by atoms with van der Waals surface area (Å²) in [7, 11) is 0. The summed E-state index contributed by atoms with van der Waals surface area (Å²) in [5.41, 5.74) is 0.291. The Morgan fingerprint density at radius 1 is 1.44 bits per heavy atom. The van der Waals surface area contributed by atoms with E-state index in [1.807, 2.05) is 27.7 Å². The van der Waals surface area contributed by atoms with Gasteiger partial charge >= 0.3 is 0 Å². The summed E-state index contributed by atoms with van der Waals surface area (Å²) < 4.78 is -0.0858. The Morgan fingerprint density at radius 2 is 2.08 bits per heavy atom. The Balaban J connectivity index is 2.16. The van der Waals surface area contributed by atoms with E-state index in [1.165, 1.54) is 12.1 Å². The van der Waals surface area contributed by atoms with Gasteiger partial charge in [0.05, 0.1) is 28.6 Å². The van der Waals surface area contributed by atoms with Crippen LogP contribution in [0.2, 0.25) is 5.02 Å². The quantitative estimate of drug-likeness (QED) is 0.464. The highest BCUT2D eigenvalue weighted by atomic mass is 35.5. The zero-order valence-electron chi connectivity index (χ0n) is 15.0. The monoisotopic (exact) mass is 369 g/mol. The lowest BCUT2D eigenvalue weighted by Gasteiger charge is -2.55. The van der Waals surface area contributed by atoms with Gasteiger partial charge in [0.25, 0.3) is 11.8 Å². The van der Waals surface area contributed by atoms with Crippen LogP contribution in [0.1, 0.15) is 33.3 Å². The number of carbonyl (C=O) groups is 1. The van der Waals surface area contributed by atoms with Crippen molar-refractivity contribution in [1.29, 1.82) is 0 Å². The first kappa shape index (κ1) is 19.6. The van der Waals surface area contributed by atoms with Gasteiger partial charge in [-0.15, -0.1) is 0 Å². The van der Waals surface area contributed by atoms with Crippen LogP contribution in [0, 0.1) is 10.1 Å². The first-order valence-electron chi connectivity index (χ1n) is 8.23. The van der Waals surface area contributed by atoms with Crippen LogP contribution in [0.25, 0.3) is 0 Å². The molecule has 1 aliphatic heterocycles. The van der Waals surface area contributed by atoms with Crippen molar-refractivity contribution in [2.24, 2.45) is 0 Å². The summed E-state index contributed by atoms with van der Waals surface area (Å²) in [6, 6.07) is 4.30. The van der Waals surface area contributed by atoms with Gasteiger partial charge < -0.3 is 9.90 Å². The maximum atomic E-state index is 11.9. The highest BCUT2D eigenvalue weighted by molar-refractivity contribution is 6.31. The number of benzene rings is 1. The Hall–Kier alpha value is -1.70. The fourth-order valence-corrected chi connectivity index (χ4v) is 4.06. The van der Waals surface area contributed by atoms with E-state index in [0.717, 1.165) is 5.56 Å². The molecule has 1 aromatic carbocycles. The van der Waals surface area contributed by atoms with Crippen LogP contribution < -0.4 is 5.11 Å². The van der Waals surface area contributed by atoms with E-state index < -0.39 is 16.6 Å². The minimum absolute atomic E-state index is 0.0406. The van der Waals surface area contributed by atoms with Gasteiger partial charge in [-0.2, -0.15) is 0 Å². The van der Waals surface area contributed by atoms with Gasteiger partial charge in [0, 0.05) is 25.2 Å². The molecule has 1 unspecified atom stereocenters. The number of nitrogens with zero attached hydrogens (tertiary/aromatic N) is 3. The summed E-state index contributed by atoms with van der Waals surface area (Å²) in [6.07, 6.45) is -1.05. The first-order chi connectivity index (χ1) is 11.5. The number of halogens is 1. The molecular weight excluding hydrogens is 346 g/mol. The molecule has 0 bridgehead atoms. The fourth-order valence-electron chi connectivity index (χ4n) is 3.83. The number of carbonyl (C=O) groups excluding carboxylic acids is 1. The number of nitro groups is 1. The van der Waals surface area contributed by atoms with E-state index in [9.17, 15) is 20.0 Å². The molecule has 0 spiro atoms. The molecule has 1 fully saturated rings. The van der Waals surface area contributed by atoms with E-state index in [2.05, 4.69) is 4.90 Å². The van der Waals surface area contributed by atoms with Crippen molar-refractivity contribution in [3.05, 3.63) is 38.9 Å². The van der Waals surface area contributed by atoms with Crippen molar-refractivity contribution in [2.45, 2.75) is 45.8 Å². The number of nitro benzene ring substituents is 1. The smallest absolute Gasteiger partial charge is 0.270 e. The van der Waals surface area contributed by atoms with Gasteiger partial charge in [-0.1, -0.05) is 11.6 Å². The molecule has 1 aromatic rings. The van der Waals surface area contributed by atoms with Crippen LogP contribution in [0.4, 0.5) is 10.5 Å². The maximum Gasteiger partial charge on any atom is 0.270 e. The standard InChI is InChI=1S/C17H24ClN3O4/c1-12-10-19(7-8-21(12,16(22)23)17(2,3)4)11-13-5-6-14(20(24)25)9-15(13)18/h5-6,9,12H,7-8,10-11H2,1-4H3/t12-,21?/m0/s1. The Bertz CT molecular complexity index is 689. The van der Waals surface area contributed by atoms with Crippen LogP contribution in [-0.2, 0) is 6.54 Å². The van der Waals surface area contributed by atoms with E-state index in [-0.39, 0.29) is 16.2 Å². The SMILES string of the molecule is C[C@H]1CN(Cc2ccc([N+](=O)[O-])cc2Cl)CC[N+]1(C(=O)[O-])C(C)(C)C. The largest absolute Gasteiger partial charge is 0.498 e. The minimum atomic E-state index is -1.05. The number of rotatable bonds is 3.